The van der Waals surface area contributed by atoms with Crippen molar-refractivity contribution in [1.29, 1.82) is 0 Å². The van der Waals surface area contributed by atoms with E-state index in [-0.39, 0.29) is 13.0 Å². The lowest BCUT2D eigenvalue weighted by Gasteiger charge is -2.14. The molecule has 2 aromatic heterocycles. The summed E-state index contributed by atoms with van der Waals surface area (Å²) in [5.41, 5.74) is 4.58. The van der Waals surface area contributed by atoms with Crippen molar-refractivity contribution in [3.8, 4) is 22.5 Å². The zero-order valence-corrected chi connectivity index (χ0v) is 22.1. The molecule has 2 aromatic carbocycles. The Hall–Kier alpha value is -3.89. The summed E-state index contributed by atoms with van der Waals surface area (Å²) in [5.74, 6) is 0.891. The number of nitrogens with one attached hydrogen (secondary N) is 2. The zero-order valence-electron chi connectivity index (χ0n) is 21.4. The minimum atomic E-state index is -0.591. The number of likely N-dealkylation sites (N-methyl/N-ethyl adjacent to an activating group) is 1. The molecule has 0 aliphatic rings. The number of halogens is 1. The largest absolute Gasteiger partial charge is 0.459 e. The van der Waals surface area contributed by atoms with Crippen LogP contribution in [0.3, 0.4) is 0 Å². The van der Waals surface area contributed by atoms with Crippen LogP contribution in [0.4, 0.5) is 0 Å². The van der Waals surface area contributed by atoms with Crippen LogP contribution in [0.15, 0.2) is 48.5 Å². The molecule has 2 heterocycles. The summed E-state index contributed by atoms with van der Waals surface area (Å²) in [6.07, 6.45) is 3.36. The molecule has 0 saturated carbocycles. The van der Waals surface area contributed by atoms with Crippen LogP contribution in [0.25, 0.3) is 22.5 Å². The van der Waals surface area contributed by atoms with Gasteiger partial charge >= 0.3 is 5.97 Å². The smallest absolute Gasteiger partial charge is 0.308 e. The van der Waals surface area contributed by atoms with Crippen molar-refractivity contribution in [3.05, 3.63) is 70.8 Å². The van der Waals surface area contributed by atoms with Crippen LogP contribution in [0.2, 0.25) is 5.15 Å². The molecule has 0 fully saturated rings. The molecule has 0 saturated heterocycles. The minimum absolute atomic E-state index is 0.0256. The van der Waals surface area contributed by atoms with Crippen LogP contribution in [-0.4, -0.2) is 55.5 Å². The van der Waals surface area contributed by atoms with E-state index in [1.165, 1.54) is 0 Å². The molecule has 0 aliphatic heterocycles. The summed E-state index contributed by atoms with van der Waals surface area (Å²) in [4.78, 5) is 27.9. The van der Waals surface area contributed by atoms with Gasteiger partial charge in [-0.2, -0.15) is 5.21 Å². The van der Waals surface area contributed by atoms with Gasteiger partial charge in [0.1, 0.15) is 18.7 Å². The van der Waals surface area contributed by atoms with Crippen molar-refractivity contribution in [2.75, 3.05) is 7.05 Å². The monoisotopic (exact) mass is 535 g/mol. The predicted molar refractivity (Wildman–Crippen MR) is 143 cm³/mol. The molecule has 11 heteroatoms. The quantitative estimate of drug-likeness (QED) is 0.194. The topological polar surface area (TPSA) is 128 Å². The first-order valence-corrected chi connectivity index (χ1v) is 12.9. The van der Waals surface area contributed by atoms with Crippen molar-refractivity contribution < 1.29 is 14.3 Å². The summed E-state index contributed by atoms with van der Waals surface area (Å²) in [6, 6.07) is 15.5. The molecule has 1 unspecified atom stereocenters. The number of ether oxygens (including phenoxy) is 1. The maximum Gasteiger partial charge on any atom is 0.308 e. The van der Waals surface area contributed by atoms with Gasteiger partial charge in [-0.25, -0.2) is 4.98 Å². The summed E-state index contributed by atoms with van der Waals surface area (Å²) in [7, 11) is 1.62. The van der Waals surface area contributed by atoms with Gasteiger partial charge in [-0.1, -0.05) is 73.5 Å². The van der Waals surface area contributed by atoms with E-state index in [1.807, 2.05) is 28.8 Å². The number of tetrazole rings is 1. The number of aryl methyl sites for hydroxylation is 1. The second-order valence-corrected chi connectivity index (χ2v) is 9.19. The fourth-order valence-corrected chi connectivity index (χ4v) is 4.39. The van der Waals surface area contributed by atoms with Gasteiger partial charge < -0.3 is 19.4 Å². The summed E-state index contributed by atoms with van der Waals surface area (Å²) in [6.45, 7) is 2.61. The normalized spacial score (nSPS) is 11.9. The SMILES string of the molecule is CCCCc1nc(Cl)c(COC(=O)CC(C=O)NC)n1Cc1ccc(-c2ccccc2-c2nn[nH]n2)cc1. The molecule has 4 rings (SSSR count). The molecule has 0 spiro atoms. The van der Waals surface area contributed by atoms with Gasteiger partial charge in [0.15, 0.2) is 5.15 Å². The Morgan fingerprint density at radius 3 is 2.61 bits per heavy atom. The molecule has 4 aromatic rings. The van der Waals surface area contributed by atoms with E-state index in [0.29, 0.717) is 29.5 Å². The average Bonchev–Trinajstić information content (AvgIpc) is 3.58. The molecule has 0 bridgehead atoms. The molecule has 1 atom stereocenters. The van der Waals surface area contributed by atoms with E-state index in [1.54, 1.807) is 7.05 Å². The van der Waals surface area contributed by atoms with E-state index in [2.05, 4.69) is 62.1 Å². The number of aromatic amines is 1. The van der Waals surface area contributed by atoms with Crippen LogP contribution in [0.5, 0.6) is 0 Å². The number of rotatable bonds is 13. The summed E-state index contributed by atoms with van der Waals surface area (Å²) >= 11 is 6.50. The standard InChI is InChI=1S/C27H30ClN7O3/c1-3-4-9-24-30-26(28)23(17-38-25(37)14-20(16-36)29-2)35(24)15-18-10-12-19(13-11-18)21-7-5-6-8-22(21)27-31-33-34-32-27/h5-8,10-13,16,20,29H,3-4,9,14-15,17H2,1-2H3,(H,31,32,33,34). The molecule has 2 N–H and O–H groups in total. The van der Waals surface area contributed by atoms with Gasteiger partial charge in [0.05, 0.1) is 18.2 Å². The highest BCUT2D eigenvalue weighted by molar-refractivity contribution is 6.30. The Bertz CT molecular complexity index is 1350. The number of nitrogens with zero attached hydrogens (tertiary/aromatic N) is 5. The number of unbranched alkanes of at least 4 members (excludes halogenated alkanes) is 1. The highest BCUT2D eigenvalue weighted by Gasteiger charge is 2.19. The van der Waals surface area contributed by atoms with Gasteiger partial charge in [-0.05, 0) is 35.4 Å². The first kappa shape index (κ1) is 27.2. The van der Waals surface area contributed by atoms with E-state index in [0.717, 1.165) is 47.3 Å². The number of benzene rings is 2. The second-order valence-electron chi connectivity index (χ2n) is 8.83. The third-order valence-corrected chi connectivity index (χ3v) is 6.57. The van der Waals surface area contributed by atoms with E-state index >= 15 is 0 Å². The lowest BCUT2D eigenvalue weighted by Crippen LogP contribution is -2.30. The van der Waals surface area contributed by atoms with Crippen LogP contribution in [0, 0.1) is 0 Å². The Labute approximate surface area is 225 Å². The van der Waals surface area contributed by atoms with E-state index < -0.39 is 12.0 Å². The molecule has 0 aliphatic carbocycles. The Balaban J connectivity index is 1.56. The van der Waals surface area contributed by atoms with Crippen molar-refractivity contribution in [2.45, 2.75) is 51.8 Å². The molecular weight excluding hydrogens is 506 g/mol. The summed E-state index contributed by atoms with van der Waals surface area (Å²) in [5, 5.41) is 17.5. The van der Waals surface area contributed by atoms with Gasteiger partial charge in [-0.15, -0.1) is 10.2 Å². The van der Waals surface area contributed by atoms with E-state index in [9.17, 15) is 9.59 Å². The number of hydrogen-bond donors (Lipinski definition) is 2. The first-order chi connectivity index (χ1) is 18.5. The van der Waals surface area contributed by atoms with Crippen molar-refractivity contribution in [1.82, 2.24) is 35.5 Å². The maximum atomic E-state index is 12.3. The lowest BCUT2D eigenvalue weighted by atomic mass is 9.98. The van der Waals surface area contributed by atoms with Crippen LogP contribution in [0.1, 0.15) is 43.3 Å². The van der Waals surface area contributed by atoms with Gasteiger partial charge in [-0.3, -0.25) is 4.79 Å². The first-order valence-electron chi connectivity index (χ1n) is 12.5. The van der Waals surface area contributed by atoms with Crippen molar-refractivity contribution >= 4 is 23.9 Å². The molecule has 198 valence electrons. The Kier molecular flexibility index (Phi) is 9.34. The molecular formula is C27H30ClN7O3. The van der Waals surface area contributed by atoms with Crippen LogP contribution < -0.4 is 5.32 Å². The average molecular weight is 536 g/mol. The van der Waals surface area contributed by atoms with Crippen LogP contribution in [-0.2, 0) is 33.9 Å². The Morgan fingerprint density at radius 2 is 1.95 bits per heavy atom. The van der Waals surface area contributed by atoms with Gasteiger partial charge in [0.25, 0.3) is 0 Å². The van der Waals surface area contributed by atoms with Crippen LogP contribution >= 0.6 is 11.6 Å². The maximum absolute atomic E-state index is 12.3. The minimum Gasteiger partial charge on any atom is -0.459 e. The number of hydrogen-bond acceptors (Lipinski definition) is 8. The number of aromatic nitrogens is 6. The fraction of sp³-hybridized carbons (Fsp3) is 0.333. The zero-order chi connectivity index (χ0) is 26.9. The third-order valence-electron chi connectivity index (χ3n) is 6.27. The van der Waals surface area contributed by atoms with Crippen molar-refractivity contribution in [3.63, 3.8) is 0 Å². The molecule has 0 amide bonds. The number of carbonyl (C=O) groups is 2. The highest BCUT2D eigenvalue weighted by atomic mass is 35.5. The van der Waals surface area contributed by atoms with Gasteiger partial charge in [0.2, 0.25) is 5.82 Å². The number of H-pyrrole nitrogens is 1. The highest BCUT2D eigenvalue weighted by Crippen LogP contribution is 2.30. The lowest BCUT2D eigenvalue weighted by molar-refractivity contribution is -0.146. The van der Waals surface area contributed by atoms with Gasteiger partial charge in [0, 0.05) is 18.5 Å². The Morgan fingerprint density at radius 1 is 1.18 bits per heavy atom. The van der Waals surface area contributed by atoms with E-state index in [4.69, 9.17) is 16.3 Å². The molecule has 10 nitrogen and oxygen atoms in total. The molecule has 38 heavy (non-hydrogen) atoms. The molecule has 0 radical (unpaired) electrons. The second kappa shape index (κ2) is 13.1. The fourth-order valence-electron chi connectivity index (χ4n) is 4.14. The number of imidazole rings is 1. The van der Waals surface area contributed by atoms with Crippen molar-refractivity contribution in [2.24, 2.45) is 0 Å². The number of esters is 1. The number of aldehydes is 1. The number of carbonyl (C=O) groups excluding carboxylic acids is 2. The third kappa shape index (κ3) is 6.51. The predicted octanol–water partition coefficient (Wildman–Crippen LogP) is 3.99. The summed E-state index contributed by atoms with van der Waals surface area (Å²) < 4.78 is 7.48.